The predicted molar refractivity (Wildman–Crippen MR) is 79.8 cm³/mol. The van der Waals surface area contributed by atoms with Crippen molar-refractivity contribution in [3.8, 4) is 18.2 Å². The van der Waals surface area contributed by atoms with Crippen LogP contribution in [0.3, 0.4) is 0 Å². The molecular formula is C17H14N4. The zero-order valence-electron chi connectivity index (χ0n) is 12.2. The van der Waals surface area contributed by atoms with Crippen LogP contribution in [0, 0.1) is 34.0 Å². The van der Waals surface area contributed by atoms with Crippen molar-refractivity contribution >= 4 is 5.69 Å². The molecule has 0 saturated heterocycles. The lowest BCUT2D eigenvalue weighted by Crippen LogP contribution is -2.23. The molecule has 1 heterocycles. The van der Waals surface area contributed by atoms with E-state index in [0.717, 1.165) is 16.9 Å². The lowest BCUT2D eigenvalue weighted by Gasteiger charge is -2.24. The molecule has 102 valence electrons. The Balaban J connectivity index is 2.66. The SMILES string of the molecule is CN1C(=CC(C#N)=C(C#N)C#N)C(C)(C)c2ccccc21. The maximum absolute atomic E-state index is 9.22. The quantitative estimate of drug-likeness (QED) is 0.737. The van der Waals surface area contributed by atoms with Crippen molar-refractivity contribution in [2.24, 2.45) is 0 Å². The average molecular weight is 274 g/mol. The summed E-state index contributed by atoms with van der Waals surface area (Å²) in [5.74, 6) is 0. The minimum Gasteiger partial charge on any atom is -0.347 e. The lowest BCUT2D eigenvalue weighted by atomic mass is 9.83. The van der Waals surface area contributed by atoms with E-state index in [4.69, 9.17) is 10.5 Å². The highest BCUT2D eigenvalue weighted by atomic mass is 15.2. The molecule has 1 aromatic carbocycles. The molecule has 0 fully saturated rings. The van der Waals surface area contributed by atoms with Crippen LogP contribution >= 0.6 is 0 Å². The summed E-state index contributed by atoms with van der Waals surface area (Å²) >= 11 is 0. The smallest absolute Gasteiger partial charge is 0.147 e. The Morgan fingerprint density at radius 2 is 1.71 bits per heavy atom. The number of fused-ring (bicyclic) bond motifs is 1. The number of rotatable bonds is 1. The fraction of sp³-hybridized carbons (Fsp3) is 0.235. The lowest BCUT2D eigenvalue weighted by molar-refractivity contribution is 0.639. The Labute approximate surface area is 124 Å². The van der Waals surface area contributed by atoms with E-state index in [2.05, 4.69) is 19.9 Å². The third kappa shape index (κ3) is 2.16. The van der Waals surface area contributed by atoms with E-state index >= 15 is 0 Å². The number of nitrogens with zero attached hydrogens (tertiary/aromatic N) is 4. The zero-order chi connectivity index (χ0) is 15.6. The van der Waals surface area contributed by atoms with E-state index in [9.17, 15) is 5.26 Å². The third-order valence-corrected chi connectivity index (χ3v) is 3.83. The van der Waals surface area contributed by atoms with Crippen molar-refractivity contribution in [1.29, 1.82) is 15.8 Å². The highest BCUT2D eigenvalue weighted by Crippen LogP contribution is 2.46. The van der Waals surface area contributed by atoms with Gasteiger partial charge in [0.25, 0.3) is 0 Å². The molecule has 0 N–H and O–H groups in total. The van der Waals surface area contributed by atoms with Gasteiger partial charge in [-0.3, -0.25) is 0 Å². The molecule has 0 spiro atoms. The molecule has 0 aromatic heterocycles. The van der Waals surface area contributed by atoms with Gasteiger partial charge in [-0.25, -0.2) is 0 Å². The van der Waals surface area contributed by atoms with Crippen molar-refractivity contribution in [2.75, 3.05) is 11.9 Å². The summed E-state index contributed by atoms with van der Waals surface area (Å²) in [5, 5.41) is 27.1. The molecule has 0 radical (unpaired) electrons. The van der Waals surface area contributed by atoms with Crippen molar-refractivity contribution in [3.63, 3.8) is 0 Å². The second-order valence-electron chi connectivity index (χ2n) is 5.35. The summed E-state index contributed by atoms with van der Waals surface area (Å²) in [6, 6.07) is 13.5. The first-order valence-corrected chi connectivity index (χ1v) is 6.47. The normalized spacial score (nSPS) is 16.6. The number of nitriles is 3. The zero-order valence-corrected chi connectivity index (χ0v) is 12.2. The Kier molecular flexibility index (Phi) is 3.53. The molecule has 4 nitrogen and oxygen atoms in total. The van der Waals surface area contributed by atoms with Crippen LogP contribution in [0.4, 0.5) is 5.69 Å². The second kappa shape index (κ2) is 5.16. The molecule has 0 saturated carbocycles. The minimum atomic E-state index is -0.288. The van der Waals surface area contributed by atoms with Crippen molar-refractivity contribution < 1.29 is 0 Å². The molecule has 21 heavy (non-hydrogen) atoms. The Morgan fingerprint density at radius 1 is 1.10 bits per heavy atom. The summed E-state index contributed by atoms with van der Waals surface area (Å²) in [6.07, 6.45) is 1.64. The van der Waals surface area contributed by atoms with Gasteiger partial charge in [-0.05, 0) is 17.7 Å². The first-order valence-electron chi connectivity index (χ1n) is 6.47. The van der Waals surface area contributed by atoms with Gasteiger partial charge in [0.15, 0.2) is 0 Å². The van der Waals surface area contributed by atoms with Crippen LogP contribution in [-0.4, -0.2) is 7.05 Å². The van der Waals surface area contributed by atoms with E-state index in [1.807, 2.05) is 36.2 Å². The first kappa shape index (κ1) is 14.4. The number of para-hydroxylation sites is 1. The fourth-order valence-corrected chi connectivity index (χ4v) is 2.70. The Bertz CT molecular complexity index is 760. The molecule has 0 bridgehead atoms. The highest BCUT2D eigenvalue weighted by Gasteiger charge is 2.38. The molecule has 0 atom stereocenters. The largest absolute Gasteiger partial charge is 0.347 e. The maximum atomic E-state index is 9.22. The fourth-order valence-electron chi connectivity index (χ4n) is 2.70. The van der Waals surface area contributed by atoms with E-state index in [1.165, 1.54) is 0 Å². The van der Waals surface area contributed by atoms with Crippen LogP contribution < -0.4 is 4.90 Å². The van der Waals surface area contributed by atoms with Crippen LogP contribution in [0.2, 0.25) is 0 Å². The van der Waals surface area contributed by atoms with E-state index < -0.39 is 0 Å². The average Bonchev–Trinajstić information content (AvgIpc) is 2.68. The molecule has 4 heteroatoms. The first-order chi connectivity index (χ1) is 9.97. The van der Waals surface area contributed by atoms with E-state index in [1.54, 1.807) is 18.2 Å². The summed E-state index contributed by atoms with van der Waals surface area (Å²) < 4.78 is 0. The van der Waals surface area contributed by atoms with Crippen LogP contribution in [0.25, 0.3) is 0 Å². The second-order valence-corrected chi connectivity index (χ2v) is 5.35. The topological polar surface area (TPSA) is 74.6 Å². The molecule has 2 rings (SSSR count). The molecule has 1 aliphatic rings. The van der Waals surface area contributed by atoms with Gasteiger partial charge in [-0.2, -0.15) is 15.8 Å². The van der Waals surface area contributed by atoms with Crippen LogP contribution in [0.1, 0.15) is 19.4 Å². The summed E-state index contributed by atoms with van der Waals surface area (Å²) in [7, 11) is 1.92. The van der Waals surface area contributed by atoms with Crippen molar-refractivity contribution in [3.05, 3.63) is 52.7 Å². The van der Waals surface area contributed by atoms with Crippen LogP contribution in [0.15, 0.2) is 47.2 Å². The number of anilines is 1. The van der Waals surface area contributed by atoms with Crippen LogP contribution in [-0.2, 0) is 5.41 Å². The number of benzene rings is 1. The van der Waals surface area contributed by atoms with Gasteiger partial charge in [-0.1, -0.05) is 32.0 Å². The number of likely N-dealkylation sites (N-methyl/N-ethyl adjacent to an activating group) is 1. The maximum Gasteiger partial charge on any atom is 0.147 e. The number of allylic oxidation sites excluding steroid dienone is 4. The van der Waals surface area contributed by atoms with Gasteiger partial charge in [0.05, 0.1) is 5.57 Å². The molecule has 1 aliphatic heterocycles. The summed E-state index contributed by atoms with van der Waals surface area (Å²) in [4.78, 5) is 2.00. The van der Waals surface area contributed by atoms with E-state index in [-0.39, 0.29) is 16.6 Å². The number of hydrogen-bond acceptors (Lipinski definition) is 4. The van der Waals surface area contributed by atoms with Crippen molar-refractivity contribution in [1.82, 2.24) is 0 Å². The van der Waals surface area contributed by atoms with Crippen LogP contribution in [0.5, 0.6) is 0 Å². The molecule has 0 aliphatic carbocycles. The Hall–Kier alpha value is -3.03. The highest BCUT2D eigenvalue weighted by molar-refractivity contribution is 5.71. The summed E-state index contributed by atoms with van der Waals surface area (Å²) in [5.41, 5.74) is 2.77. The standard InChI is InChI=1S/C17H14N4/c1-17(2)14-6-4-5-7-15(14)21(3)16(17)8-12(9-18)13(10-19)11-20/h4-8H,1-3H3. The molecule has 0 amide bonds. The third-order valence-electron chi connectivity index (χ3n) is 3.83. The summed E-state index contributed by atoms with van der Waals surface area (Å²) in [6.45, 7) is 4.13. The molecular weight excluding hydrogens is 260 g/mol. The van der Waals surface area contributed by atoms with Gasteiger partial charge in [0.2, 0.25) is 0 Å². The van der Waals surface area contributed by atoms with Gasteiger partial charge < -0.3 is 4.90 Å². The minimum absolute atomic E-state index is 0.0998. The number of hydrogen-bond donors (Lipinski definition) is 0. The van der Waals surface area contributed by atoms with Gasteiger partial charge >= 0.3 is 0 Å². The van der Waals surface area contributed by atoms with Gasteiger partial charge in [0, 0.05) is 23.8 Å². The Morgan fingerprint density at radius 3 is 2.24 bits per heavy atom. The predicted octanol–water partition coefficient (Wildman–Crippen LogP) is 3.17. The van der Waals surface area contributed by atoms with E-state index in [0.29, 0.717) is 0 Å². The molecule has 1 aromatic rings. The molecule has 0 unspecified atom stereocenters. The monoisotopic (exact) mass is 274 g/mol. The van der Waals surface area contributed by atoms with Gasteiger partial charge in [-0.15, -0.1) is 0 Å². The van der Waals surface area contributed by atoms with Crippen molar-refractivity contribution in [2.45, 2.75) is 19.3 Å². The van der Waals surface area contributed by atoms with Gasteiger partial charge in [0.1, 0.15) is 23.8 Å².